The first kappa shape index (κ1) is 13.7. The number of carboxylic acids is 1. The second-order valence-electron chi connectivity index (χ2n) is 5.06. The van der Waals surface area contributed by atoms with Crippen molar-refractivity contribution in [3.63, 3.8) is 0 Å². The van der Waals surface area contributed by atoms with Crippen LogP contribution in [0.3, 0.4) is 0 Å². The Hall–Kier alpha value is -1.75. The number of rotatable bonds is 6. The van der Waals surface area contributed by atoms with Crippen LogP contribution in [0.5, 0.6) is 11.5 Å². The van der Waals surface area contributed by atoms with Gasteiger partial charge in [0.05, 0.1) is 7.11 Å². The van der Waals surface area contributed by atoms with E-state index in [1.165, 1.54) is 0 Å². The van der Waals surface area contributed by atoms with E-state index < -0.39 is 11.5 Å². The van der Waals surface area contributed by atoms with Gasteiger partial charge in [-0.05, 0) is 43.4 Å². The van der Waals surface area contributed by atoms with E-state index in [4.69, 9.17) is 15.2 Å². The fourth-order valence-corrected chi connectivity index (χ4v) is 2.04. The highest BCUT2D eigenvalue weighted by molar-refractivity contribution is 5.79. The largest absolute Gasteiger partial charge is 0.493 e. The van der Waals surface area contributed by atoms with Crippen molar-refractivity contribution in [2.24, 2.45) is 11.7 Å². The highest BCUT2D eigenvalue weighted by Crippen LogP contribution is 2.39. The normalized spacial score (nSPS) is 17.6. The Morgan fingerprint density at radius 1 is 1.47 bits per heavy atom. The molecule has 0 radical (unpaired) electrons. The number of aryl methyl sites for hydroxylation is 1. The van der Waals surface area contributed by atoms with Crippen LogP contribution in [-0.2, 0) is 4.79 Å². The van der Waals surface area contributed by atoms with Crippen molar-refractivity contribution < 1.29 is 19.4 Å². The van der Waals surface area contributed by atoms with Gasteiger partial charge in [0, 0.05) is 0 Å². The molecule has 0 aromatic heterocycles. The van der Waals surface area contributed by atoms with E-state index in [-0.39, 0.29) is 12.5 Å². The molecule has 104 valence electrons. The molecule has 0 aliphatic heterocycles. The van der Waals surface area contributed by atoms with Crippen molar-refractivity contribution >= 4 is 5.97 Å². The molecule has 0 saturated heterocycles. The van der Waals surface area contributed by atoms with Crippen molar-refractivity contribution in [1.29, 1.82) is 0 Å². The lowest BCUT2D eigenvalue weighted by molar-refractivity contribution is -0.145. The average molecular weight is 265 g/mol. The first-order chi connectivity index (χ1) is 8.97. The number of benzene rings is 1. The molecule has 0 spiro atoms. The molecule has 0 amide bonds. The summed E-state index contributed by atoms with van der Waals surface area (Å²) >= 11 is 0. The summed E-state index contributed by atoms with van der Waals surface area (Å²) in [7, 11) is 1.55. The van der Waals surface area contributed by atoms with Crippen LogP contribution in [0, 0.1) is 12.8 Å². The van der Waals surface area contributed by atoms with Gasteiger partial charge in [0.25, 0.3) is 0 Å². The van der Waals surface area contributed by atoms with Gasteiger partial charge >= 0.3 is 5.97 Å². The van der Waals surface area contributed by atoms with E-state index in [0.29, 0.717) is 11.5 Å². The predicted molar refractivity (Wildman–Crippen MR) is 70.5 cm³/mol. The molecule has 3 N–H and O–H groups in total. The molecule has 0 heterocycles. The van der Waals surface area contributed by atoms with Gasteiger partial charge in [-0.25, -0.2) is 0 Å². The van der Waals surface area contributed by atoms with Crippen LogP contribution >= 0.6 is 0 Å². The van der Waals surface area contributed by atoms with Crippen LogP contribution in [0.15, 0.2) is 18.2 Å². The Morgan fingerprint density at radius 2 is 2.16 bits per heavy atom. The molecule has 1 atom stereocenters. The summed E-state index contributed by atoms with van der Waals surface area (Å²) in [6.07, 6.45) is 1.69. The molecule has 1 aliphatic rings. The number of carbonyl (C=O) groups is 1. The van der Waals surface area contributed by atoms with E-state index in [0.717, 1.165) is 18.4 Å². The monoisotopic (exact) mass is 265 g/mol. The van der Waals surface area contributed by atoms with Gasteiger partial charge in [0.1, 0.15) is 6.61 Å². The van der Waals surface area contributed by atoms with Crippen molar-refractivity contribution in [3.8, 4) is 11.5 Å². The Bertz CT molecular complexity index is 484. The highest BCUT2D eigenvalue weighted by Gasteiger charge is 2.49. The minimum atomic E-state index is -1.31. The van der Waals surface area contributed by atoms with Crippen molar-refractivity contribution in [2.45, 2.75) is 25.3 Å². The Morgan fingerprint density at radius 3 is 2.68 bits per heavy atom. The number of hydrogen-bond acceptors (Lipinski definition) is 4. The molecule has 2 rings (SSSR count). The zero-order chi connectivity index (χ0) is 14.0. The van der Waals surface area contributed by atoms with Crippen LogP contribution in [0.4, 0.5) is 0 Å². The molecule has 5 nitrogen and oxygen atoms in total. The first-order valence-corrected chi connectivity index (χ1v) is 6.27. The van der Waals surface area contributed by atoms with Crippen molar-refractivity contribution in [2.75, 3.05) is 13.7 Å². The van der Waals surface area contributed by atoms with Gasteiger partial charge in [-0.3, -0.25) is 4.79 Å². The summed E-state index contributed by atoms with van der Waals surface area (Å²) < 4.78 is 10.8. The summed E-state index contributed by atoms with van der Waals surface area (Å²) in [5.74, 6) is 0.0934. The van der Waals surface area contributed by atoms with Crippen LogP contribution in [0.25, 0.3) is 0 Å². The number of aliphatic carboxylic acids is 1. The Kier molecular flexibility index (Phi) is 3.66. The smallest absolute Gasteiger partial charge is 0.327 e. The molecular formula is C14H19NO4. The second-order valence-corrected chi connectivity index (χ2v) is 5.06. The quantitative estimate of drug-likeness (QED) is 0.816. The molecule has 1 aromatic rings. The number of nitrogens with two attached hydrogens (primary N) is 1. The zero-order valence-corrected chi connectivity index (χ0v) is 11.2. The van der Waals surface area contributed by atoms with Crippen LogP contribution in [-0.4, -0.2) is 30.3 Å². The number of hydrogen-bond donors (Lipinski definition) is 2. The number of ether oxygens (including phenoxy) is 2. The number of methoxy groups -OCH3 is 1. The number of carboxylic acid groups (broad SMARTS) is 1. The predicted octanol–water partition coefficient (Wildman–Crippen LogP) is 1.57. The van der Waals surface area contributed by atoms with Gasteiger partial charge in [-0.2, -0.15) is 0 Å². The fourth-order valence-electron chi connectivity index (χ4n) is 2.04. The Balaban J connectivity index is 2.11. The van der Waals surface area contributed by atoms with Gasteiger partial charge in [0.2, 0.25) is 0 Å². The van der Waals surface area contributed by atoms with E-state index in [1.807, 2.05) is 19.1 Å². The van der Waals surface area contributed by atoms with E-state index in [9.17, 15) is 9.90 Å². The van der Waals surface area contributed by atoms with E-state index in [1.54, 1.807) is 13.2 Å². The summed E-state index contributed by atoms with van der Waals surface area (Å²) in [6, 6.07) is 5.49. The molecular weight excluding hydrogens is 246 g/mol. The third-order valence-corrected chi connectivity index (χ3v) is 3.49. The van der Waals surface area contributed by atoms with Crippen LogP contribution in [0.2, 0.25) is 0 Å². The molecule has 1 aliphatic carbocycles. The summed E-state index contributed by atoms with van der Waals surface area (Å²) in [5.41, 5.74) is 5.69. The fraction of sp³-hybridized carbons (Fsp3) is 0.500. The average Bonchev–Trinajstić information content (AvgIpc) is 3.21. The third kappa shape index (κ3) is 2.81. The SMILES string of the molecule is COc1cc(C)ccc1OCC(N)(C(=O)O)C1CC1. The van der Waals surface area contributed by atoms with Crippen molar-refractivity contribution in [1.82, 2.24) is 0 Å². The topological polar surface area (TPSA) is 81.8 Å². The summed E-state index contributed by atoms with van der Waals surface area (Å²) in [5, 5.41) is 9.26. The standard InChI is InChI=1S/C14H19NO4/c1-9-3-6-11(12(7-9)18-2)19-8-14(15,13(16)17)10-4-5-10/h3,6-7,10H,4-5,8,15H2,1-2H3,(H,16,17). The minimum absolute atomic E-state index is 0.00134. The highest BCUT2D eigenvalue weighted by atomic mass is 16.5. The maximum Gasteiger partial charge on any atom is 0.327 e. The summed E-state index contributed by atoms with van der Waals surface area (Å²) in [6.45, 7) is 1.90. The second kappa shape index (κ2) is 5.09. The lowest BCUT2D eigenvalue weighted by Gasteiger charge is -2.25. The molecule has 1 saturated carbocycles. The van der Waals surface area contributed by atoms with Crippen molar-refractivity contribution in [3.05, 3.63) is 23.8 Å². The van der Waals surface area contributed by atoms with Crippen LogP contribution in [0.1, 0.15) is 18.4 Å². The molecule has 0 bridgehead atoms. The Labute approximate surface area is 112 Å². The third-order valence-electron chi connectivity index (χ3n) is 3.49. The lowest BCUT2D eigenvalue weighted by atomic mass is 9.96. The minimum Gasteiger partial charge on any atom is -0.493 e. The van der Waals surface area contributed by atoms with E-state index in [2.05, 4.69) is 0 Å². The molecule has 19 heavy (non-hydrogen) atoms. The van der Waals surface area contributed by atoms with Gasteiger partial charge < -0.3 is 20.3 Å². The molecule has 1 unspecified atom stereocenters. The van der Waals surface area contributed by atoms with Gasteiger partial charge in [-0.1, -0.05) is 6.07 Å². The van der Waals surface area contributed by atoms with Crippen LogP contribution < -0.4 is 15.2 Å². The van der Waals surface area contributed by atoms with Gasteiger partial charge in [0.15, 0.2) is 17.0 Å². The van der Waals surface area contributed by atoms with E-state index >= 15 is 0 Å². The maximum absolute atomic E-state index is 11.3. The first-order valence-electron chi connectivity index (χ1n) is 6.27. The molecule has 5 heteroatoms. The van der Waals surface area contributed by atoms with Gasteiger partial charge in [-0.15, -0.1) is 0 Å². The molecule has 1 aromatic carbocycles. The zero-order valence-electron chi connectivity index (χ0n) is 11.2. The maximum atomic E-state index is 11.3. The summed E-state index contributed by atoms with van der Waals surface area (Å²) in [4.78, 5) is 11.3. The lowest BCUT2D eigenvalue weighted by Crippen LogP contribution is -2.54. The molecule has 1 fully saturated rings.